The van der Waals surface area contributed by atoms with E-state index < -0.39 is 13.3 Å². The van der Waals surface area contributed by atoms with Gasteiger partial charge in [0.15, 0.2) is 0 Å². The number of halogens is 3. The summed E-state index contributed by atoms with van der Waals surface area (Å²) in [7, 11) is 0. The van der Waals surface area contributed by atoms with Gasteiger partial charge in [0.25, 0.3) is 0 Å². The maximum atomic E-state index is 12.6. The molecule has 0 heterocycles. The van der Waals surface area contributed by atoms with Crippen LogP contribution in [0.15, 0.2) is 24.3 Å². The van der Waals surface area contributed by atoms with Crippen molar-refractivity contribution < 1.29 is 13.2 Å². The van der Waals surface area contributed by atoms with Crippen LogP contribution in [-0.2, 0) is 0 Å². The quantitative estimate of drug-likeness (QED) is 0.710. The molecule has 4 heteroatoms. The van der Waals surface area contributed by atoms with Crippen molar-refractivity contribution in [2.75, 3.05) is 31.3 Å². The van der Waals surface area contributed by atoms with Crippen LogP contribution in [0.5, 0.6) is 0 Å². The van der Waals surface area contributed by atoms with E-state index in [0.717, 1.165) is 0 Å². The molecule has 0 radical (unpaired) electrons. The van der Waals surface area contributed by atoms with Crippen molar-refractivity contribution in [2.24, 2.45) is 0 Å². The number of hydrogen-bond acceptors (Lipinski definition) is 1. The molecule has 1 rings (SSSR count). The highest BCUT2D eigenvalue weighted by Crippen LogP contribution is 2.14. The molecule has 0 N–H and O–H groups in total. The van der Waals surface area contributed by atoms with Gasteiger partial charge < -0.3 is 4.90 Å². The minimum Gasteiger partial charge on any atom is -0.366 e. The second-order valence-corrected chi connectivity index (χ2v) is 2.84. The molecule has 1 nitrogen and oxygen atoms in total. The predicted octanol–water partition coefficient (Wildman–Crippen LogP) is 2.57. The van der Waals surface area contributed by atoms with E-state index in [1.807, 2.05) is 0 Å². The zero-order valence-electron chi connectivity index (χ0n) is 7.72. The average molecular weight is 203 g/mol. The summed E-state index contributed by atoms with van der Waals surface area (Å²) in [6, 6.07) is 5.58. The third kappa shape index (κ3) is 2.94. The van der Waals surface area contributed by atoms with Crippen LogP contribution in [0.2, 0.25) is 0 Å². The molecule has 0 atom stereocenters. The number of nitrogens with zero attached hydrogens (tertiary/aromatic N) is 1. The van der Waals surface area contributed by atoms with Crippen LogP contribution in [0, 0.1) is 5.82 Å². The summed E-state index contributed by atoms with van der Waals surface area (Å²) in [6.07, 6.45) is 0. The Balaban J connectivity index is 2.71. The van der Waals surface area contributed by atoms with Crippen molar-refractivity contribution in [2.45, 2.75) is 0 Å². The summed E-state index contributed by atoms with van der Waals surface area (Å²) in [5.74, 6) is -0.353. The number of rotatable bonds is 5. The smallest absolute Gasteiger partial charge is 0.123 e. The van der Waals surface area contributed by atoms with E-state index in [0.29, 0.717) is 5.69 Å². The van der Waals surface area contributed by atoms with Gasteiger partial charge >= 0.3 is 0 Å². The first-order chi connectivity index (χ1) is 6.77. The van der Waals surface area contributed by atoms with Gasteiger partial charge in [-0.25, -0.2) is 13.2 Å². The molecule has 0 saturated heterocycles. The first kappa shape index (κ1) is 10.9. The molecule has 0 amide bonds. The molecule has 0 aliphatic heterocycles. The van der Waals surface area contributed by atoms with E-state index in [-0.39, 0.29) is 18.9 Å². The third-order valence-electron chi connectivity index (χ3n) is 1.90. The van der Waals surface area contributed by atoms with E-state index in [1.165, 1.54) is 24.3 Å². The van der Waals surface area contributed by atoms with Gasteiger partial charge in [0.05, 0.1) is 0 Å². The van der Waals surface area contributed by atoms with E-state index in [9.17, 15) is 13.2 Å². The molecular weight excluding hydrogens is 191 g/mol. The minimum absolute atomic E-state index is 0.134. The zero-order chi connectivity index (χ0) is 10.4. The standard InChI is InChI=1S/C10H12F3N/c11-5-7-14(8-6-12)10-3-1-9(13)2-4-10/h1-4H,5-8H2. The summed E-state index contributed by atoms with van der Waals surface area (Å²) < 4.78 is 36.7. The largest absolute Gasteiger partial charge is 0.366 e. The van der Waals surface area contributed by atoms with Gasteiger partial charge in [0, 0.05) is 18.8 Å². The van der Waals surface area contributed by atoms with Crippen LogP contribution in [-0.4, -0.2) is 26.4 Å². The van der Waals surface area contributed by atoms with Crippen molar-refractivity contribution in [1.29, 1.82) is 0 Å². The van der Waals surface area contributed by atoms with Crippen LogP contribution in [0.25, 0.3) is 0 Å². The highest BCUT2D eigenvalue weighted by Gasteiger charge is 2.05. The lowest BCUT2D eigenvalue weighted by molar-refractivity contribution is 0.458. The monoisotopic (exact) mass is 203 g/mol. The second-order valence-electron chi connectivity index (χ2n) is 2.84. The minimum atomic E-state index is -0.544. The molecule has 0 saturated carbocycles. The van der Waals surface area contributed by atoms with E-state index in [2.05, 4.69) is 0 Å². The van der Waals surface area contributed by atoms with Gasteiger partial charge in [0.2, 0.25) is 0 Å². The lowest BCUT2D eigenvalue weighted by Gasteiger charge is -2.21. The fourth-order valence-electron chi connectivity index (χ4n) is 1.23. The maximum absolute atomic E-state index is 12.6. The summed E-state index contributed by atoms with van der Waals surface area (Å²) in [6.45, 7) is -0.820. The first-order valence-electron chi connectivity index (χ1n) is 4.40. The van der Waals surface area contributed by atoms with Crippen molar-refractivity contribution in [3.05, 3.63) is 30.1 Å². The van der Waals surface area contributed by atoms with E-state index in [4.69, 9.17) is 0 Å². The molecule has 0 aromatic heterocycles. The molecule has 0 bridgehead atoms. The molecule has 1 aromatic rings. The Morgan fingerprint density at radius 2 is 1.43 bits per heavy atom. The highest BCUT2D eigenvalue weighted by atomic mass is 19.1. The van der Waals surface area contributed by atoms with Crippen LogP contribution in [0.4, 0.5) is 18.9 Å². The molecule has 0 aliphatic rings. The van der Waals surface area contributed by atoms with E-state index >= 15 is 0 Å². The molecule has 0 unspecified atom stereocenters. The SMILES string of the molecule is FCCN(CCF)c1ccc(F)cc1. The molecule has 1 aromatic carbocycles. The number of anilines is 1. The normalized spacial score (nSPS) is 10.2. The van der Waals surface area contributed by atoms with Crippen LogP contribution >= 0.6 is 0 Å². The Labute approximate surface area is 81.1 Å². The molecule has 0 fully saturated rings. The number of alkyl halides is 2. The van der Waals surface area contributed by atoms with Crippen molar-refractivity contribution in [3.8, 4) is 0 Å². The fraction of sp³-hybridized carbons (Fsp3) is 0.400. The second kappa shape index (κ2) is 5.52. The van der Waals surface area contributed by atoms with Gasteiger partial charge in [-0.15, -0.1) is 0 Å². The van der Waals surface area contributed by atoms with Crippen LogP contribution in [0.1, 0.15) is 0 Å². The summed E-state index contributed by atoms with van der Waals surface area (Å²) in [4.78, 5) is 1.54. The summed E-state index contributed by atoms with van der Waals surface area (Å²) in [5.41, 5.74) is 0.640. The first-order valence-corrected chi connectivity index (χ1v) is 4.40. The van der Waals surface area contributed by atoms with Crippen molar-refractivity contribution in [3.63, 3.8) is 0 Å². The number of benzene rings is 1. The Morgan fingerprint density at radius 3 is 1.86 bits per heavy atom. The third-order valence-corrected chi connectivity index (χ3v) is 1.90. The van der Waals surface area contributed by atoms with Gasteiger partial charge in [-0.2, -0.15) is 0 Å². The van der Waals surface area contributed by atoms with Crippen molar-refractivity contribution >= 4 is 5.69 Å². The Kier molecular flexibility index (Phi) is 4.29. The molecule has 78 valence electrons. The Morgan fingerprint density at radius 1 is 0.929 bits per heavy atom. The maximum Gasteiger partial charge on any atom is 0.123 e. The van der Waals surface area contributed by atoms with Gasteiger partial charge in [-0.05, 0) is 24.3 Å². The molecule has 14 heavy (non-hydrogen) atoms. The van der Waals surface area contributed by atoms with Gasteiger partial charge in [-0.1, -0.05) is 0 Å². The lowest BCUT2D eigenvalue weighted by Crippen LogP contribution is -2.27. The van der Waals surface area contributed by atoms with Gasteiger partial charge in [0.1, 0.15) is 19.2 Å². The van der Waals surface area contributed by atoms with Crippen LogP contribution in [0.3, 0.4) is 0 Å². The molecule has 0 spiro atoms. The highest BCUT2D eigenvalue weighted by molar-refractivity contribution is 5.46. The molecule has 0 aliphatic carbocycles. The van der Waals surface area contributed by atoms with Crippen molar-refractivity contribution in [1.82, 2.24) is 0 Å². The molecular formula is C10H12F3N. The topological polar surface area (TPSA) is 3.24 Å². The summed E-state index contributed by atoms with van der Waals surface area (Å²) in [5, 5.41) is 0. The lowest BCUT2D eigenvalue weighted by atomic mass is 10.3. The Hall–Kier alpha value is -1.19. The average Bonchev–Trinajstić information content (AvgIpc) is 2.19. The van der Waals surface area contributed by atoms with Crippen LogP contribution < -0.4 is 4.90 Å². The zero-order valence-corrected chi connectivity index (χ0v) is 7.72. The fourth-order valence-corrected chi connectivity index (χ4v) is 1.23. The predicted molar refractivity (Wildman–Crippen MR) is 50.6 cm³/mol. The summed E-state index contributed by atoms with van der Waals surface area (Å²) >= 11 is 0. The van der Waals surface area contributed by atoms with E-state index in [1.54, 1.807) is 4.90 Å². The number of hydrogen-bond donors (Lipinski definition) is 0. The Bertz CT molecular complexity index is 255. The van der Waals surface area contributed by atoms with Gasteiger partial charge in [-0.3, -0.25) is 0 Å².